The Hall–Kier alpha value is -1.57. The highest BCUT2D eigenvalue weighted by Gasteiger charge is 2.25. The number of benzene rings is 1. The van der Waals surface area contributed by atoms with Gasteiger partial charge in [-0.1, -0.05) is 6.07 Å². The van der Waals surface area contributed by atoms with E-state index in [0.717, 1.165) is 4.88 Å². The van der Waals surface area contributed by atoms with Crippen LogP contribution in [0.4, 0.5) is 5.69 Å². The predicted molar refractivity (Wildman–Crippen MR) is 85.7 cm³/mol. The molecule has 0 radical (unpaired) electrons. The average molecular weight is 326 g/mol. The van der Waals surface area contributed by atoms with Gasteiger partial charge in [0.25, 0.3) is 10.0 Å². The molecule has 5 nitrogen and oxygen atoms in total. The molecule has 0 bridgehead atoms. The maximum Gasteiger partial charge on any atom is 0.265 e. The van der Waals surface area contributed by atoms with E-state index in [-0.39, 0.29) is 0 Å². The van der Waals surface area contributed by atoms with Gasteiger partial charge in [0.1, 0.15) is 10.6 Å². The van der Waals surface area contributed by atoms with Crippen LogP contribution < -0.4 is 14.4 Å². The van der Waals surface area contributed by atoms with Crippen LogP contribution in [-0.2, 0) is 16.6 Å². The number of methoxy groups -OCH3 is 1. The first kappa shape index (κ1) is 15.8. The Morgan fingerprint density at radius 3 is 2.76 bits per heavy atom. The van der Waals surface area contributed by atoms with Crippen molar-refractivity contribution in [1.82, 2.24) is 5.32 Å². The Morgan fingerprint density at radius 1 is 1.33 bits per heavy atom. The van der Waals surface area contributed by atoms with Gasteiger partial charge in [-0.25, -0.2) is 8.42 Å². The number of hydrogen-bond donors (Lipinski definition) is 1. The first-order valence-corrected chi connectivity index (χ1v) is 8.66. The minimum atomic E-state index is -3.58. The van der Waals surface area contributed by atoms with Gasteiger partial charge in [-0.05, 0) is 30.6 Å². The normalized spacial score (nSPS) is 11.4. The van der Waals surface area contributed by atoms with E-state index in [1.165, 1.54) is 15.6 Å². The van der Waals surface area contributed by atoms with Gasteiger partial charge in [0.05, 0.1) is 12.8 Å². The Kier molecular flexibility index (Phi) is 4.87. The molecule has 0 spiro atoms. The van der Waals surface area contributed by atoms with Crippen LogP contribution >= 0.6 is 11.3 Å². The van der Waals surface area contributed by atoms with Crippen molar-refractivity contribution in [3.63, 3.8) is 0 Å². The third-order valence-electron chi connectivity index (χ3n) is 3.10. The summed E-state index contributed by atoms with van der Waals surface area (Å²) in [5.41, 5.74) is 0.566. The molecular formula is C14H18N2O3S2. The molecule has 0 fully saturated rings. The molecular weight excluding hydrogens is 308 g/mol. The molecule has 114 valence electrons. The molecule has 1 aromatic heterocycles. The standard InChI is InChI=1S/C14H18N2O3S2/c1-15-10-13-14(7-8-20-13)21(17,18)16(2)11-5-4-6-12(9-11)19-3/h4-9,15H,10H2,1-3H3. The second-order valence-electron chi connectivity index (χ2n) is 4.41. The predicted octanol–water partition coefficient (Wildman–Crippen LogP) is 2.30. The van der Waals surface area contributed by atoms with Crippen molar-refractivity contribution in [2.45, 2.75) is 11.4 Å². The largest absolute Gasteiger partial charge is 0.497 e. The first-order valence-electron chi connectivity index (χ1n) is 6.34. The molecule has 0 atom stereocenters. The molecule has 2 rings (SSSR count). The molecule has 1 heterocycles. The highest BCUT2D eigenvalue weighted by Crippen LogP contribution is 2.29. The van der Waals surface area contributed by atoms with E-state index in [1.54, 1.807) is 56.9 Å². The fraction of sp³-hybridized carbons (Fsp3) is 0.286. The van der Waals surface area contributed by atoms with Gasteiger partial charge >= 0.3 is 0 Å². The van der Waals surface area contributed by atoms with E-state index in [0.29, 0.717) is 22.9 Å². The highest BCUT2D eigenvalue weighted by molar-refractivity contribution is 7.93. The summed E-state index contributed by atoms with van der Waals surface area (Å²) in [4.78, 5) is 1.14. The lowest BCUT2D eigenvalue weighted by molar-refractivity contribution is 0.415. The molecule has 21 heavy (non-hydrogen) atoms. The molecule has 7 heteroatoms. The fourth-order valence-electron chi connectivity index (χ4n) is 1.94. The molecule has 0 unspecified atom stereocenters. The van der Waals surface area contributed by atoms with E-state index in [2.05, 4.69) is 5.32 Å². The fourth-order valence-corrected chi connectivity index (χ4v) is 4.55. The Morgan fingerprint density at radius 2 is 2.10 bits per heavy atom. The van der Waals surface area contributed by atoms with Crippen molar-refractivity contribution < 1.29 is 13.2 Å². The van der Waals surface area contributed by atoms with Gasteiger partial charge in [-0.15, -0.1) is 11.3 Å². The third-order valence-corrected chi connectivity index (χ3v) is 6.02. The topological polar surface area (TPSA) is 58.6 Å². The minimum absolute atomic E-state index is 0.340. The van der Waals surface area contributed by atoms with Crippen LogP contribution in [0.1, 0.15) is 4.88 Å². The number of thiophene rings is 1. The number of ether oxygens (including phenoxy) is 1. The summed E-state index contributed by atoms with van der Waals surface area (Å²) in [6.07, 6.45) is 0. The van der Waals surface area contributed by atoms with E-state index >= 15 is 0 Å². The summed E-state index contributed by atoms with van der Waals surface area (Å²) in [7, 11) is 1.31. The molecule has 0 aliphatic heterocycles. The van der Waals surface area contributed by atoms with Gasteiger partial charge in [-0.2, -0.15) is 0 Å². The van der Waals surface area contributed by atoms with Crippen molar-refractivity contribution in [2.24, 2.45) is 0 Å². The summed E-state index contributed by atoms with van der Waals surface area (Å²) in [5, 5.41) is 4.78. The van der Waals surface area contributed by atoms with Crippen molar-refractivity contribution in [1.29, 1.82) is 0 Å². The smallest absolute Gasteiger partial charge is 0.265 e. The average Bonchev–Trinajstić information content (AvgIpc) is 2.96. The minimum Gasteiger partial charge on any atom is -0.497 e. The van der Waals surface area contributed by atoms with Crippen LogP contribution in [0.3, 0.4) is 0 Å². The highest BCUT2D eigenvalue weighted by atomic mass is 32.2. The Bertz CT molecular complexity index is 711. The summed E-state index contributed by atoms with van der Waals surface area (Å²) in [5.74, 6) is 0.621. The quantitative estimate of drug-likeness (QED) is 0.885. The van der Waals surface area contributed by atoms with Gasteiger partial charge in [0.2, 0.25) is 0 Å². The van der Waals surface area contributed by atoms with Crippen molar-refractivity contribution in [3.8, 4) is 5.75 Å². The van der Waals surface area contributed by atoms with Crippen molar-refractivity contribution >= 4 is 27.0 Å². The van der Waals surface area contributed by atoms with Crippen molar-refractivity contribution in [2.75, 3.05) is 25.5 Å². The number of nitrogens with zero attached hydrogens (tertiary/aromatic N) is 1. The Labute approximate surface area is 129 Å². The molecule has 1 aromatic carbocycles. The Balaban J connectivity index is 2.40. The zero-order valence-corrected chi connectivity index (χ0v) is 13.8. The van der Waals surface area contributed by atoms with Crippen LogP contribution in [0.15, 0.2) is 40.6 Å². The zero-order valence-electron chi connectivity index (χ0n) is 12.2. The lowest BCUT2D eigenvalue weighted by atomic mass is 10.3. The number of rotatable bonds is 6. The van der Waals surface area contributed by atoms with E-state index in [9.17, 15) is 8.42 Å². The summed E-state index contributed by atoms with van der Waals surface area (Å²) in [6, 6.07) is 8.62. The van der Waals surface area contributed by atoms with Gasteiger partial charge in [0, 0.05) is 24.5 Å². The van der Waals surface area contributed by atoms with Gasteiger partial charge in [0.15, 0.2) is 0 Å². The molecule has 0 amide bonds. The molecule has 0 saturated carbocycles. The van der Waals surface area contributed by atoms with Crippen LogP contribution in [-0.4, -0.2) is 29.6 Å². The van der Waals surface area contributed by atoms with Crippen LogP contribution in [0, 0.1) is 0 Å². The second kappa shape index (κ2) is 6.46. The first-order chi connectivity index (χ1) is 10.0. The van der Waals surface area contributed by atoms with Gasteiger partial charge < -0.3 is 10.1 Å². The summed E-state index contributed by atoms with van der Waals surface area (Å²) in [6.45, 7) is 0.526. The van der Waals surface area contributed by atoms with Crippen molar-refractivity contribution in [3.05, 3.63) is 40.6 Å². The molecule has 0 saturated heterocycles. The molecule has 1 N–H and O–H groups in total. The summed E-state index contributed by atoms with van der Waals surface area (Å²) < 4.78 is 31.9. The maximum atomic E-state index is 12.8. The number of hydrogen-bond acceptors (Lipinski definition) is 5. The van der Waals surface area contributed by atoms with E-state index in [4.69, 9.17) is 4.74 Å². The number of sulfonamides is 1. The van der Waals surface area contributed by atoms with Crippen LogP contribution in [0.2, 0.25) is 0 Å². The molecule has 0 aliphatic carbocycles. The SMILES string of the molecule is CNCc1sccc1S(=O)(=O)N(C)c1cccc(OC)c1. The molecule has 0 aliphatic rings. The maximum absolute atomic E-state index is 12.8. The van der Waals surface area contributed by atoms with Gasteiger partial charge in [-0.3, -0.25) is 4.31 Å². The lowest BCUT2D eigenvalue weighted by Crippen LogP contribution is -2.27. The summed E-state index contributed by atoms with van der Waals surface area (Å²) >= 11 is 1.43. The number of nitrogens with one attached hydrogen (secondary N) is 1. The van der Waals surface area contributed by atoms with E-state index < -0.39 is 10.0 Å². The lowest BCUT2D eigenvalue weighted by Gasteiger charge is -2.20. The third kappa shape index (κ3) is 3.20. The van der Waals surface area contributed by atoms with Crippen LogP contribution in [0.5, 0.6) is 5.75 Å². The molecule has 2 aromatic rings. The van der Waals surface area contributed by atoms with Crippen LogP contribution in [0.25, 0.3) is 0 Å². The van der Waals surface area contributed by atoms with E-state index in [1.807, 2.05) is 0 Å². The second-order valence-corrected chi connectivity index (χ2v) is 7.35. The monoisotopic (exact) mass is 326 g/mol. The number of anilines is 1. The zero-order chi connectivity index (χ0) is 15.5.